The number of nitrogens with one attached hydrogen (secondary N) is 2. The van der Waals surface area contributed by atoms with Crippen LogP contribution in [-0.4, -0.2) is 30.1 Å². The zero-order chi connectivity index (χ0) is 15.9. The normalized spacial score (nSPS) is 10.9. The molecule has 6 nitrogen and oxygen atoms in total. The second-order valence-electron chi connectivity index (χ2n) is 4.74. The Labute approximate surface area is 157 Å². The molecule has 2 N–H and O–H groups in total. The molecule has 0 radical (unpaired) electrons. The Hall–Kier alpha value is -1.42. The molecule has 0 fully saturated rings. The second kappa shape index (κ2) is 9.66. The lowest BCUT2D eigenvalue weighted by atomic mass is 10.3. The first-order chi connectivity index (χ1) is 10.6. The van der Waals surface area contributed by atoms with Crippen LogP contribution >= 0.6 is 35.3 Å². The van der Waals surface area contributed by atoms with Gasteiger partial charge in [0.25, 0.3) is 0 Å². The summed E-state index contributed by atoms with van der Waals surface area (Å²) in [7, 11) is 3.36. The molecule has 0 atom stereocenters. The lowest BCUT2D eigenvalue weighted by Crippen LogP contribution is -2.36. The minimum absolute atomic E-state index is 0. The lowest BCUT2D eigenvalue weighted by Gasteiger charge is -2.11. The van der Waals surface area contributed by atoms with Crippen LogP contribution in [0.15, 0.2) is 23.3 Å². The van der Waals surface area contributed by atoms with Gasteiger partial charge in [0.2, 0.25) is 5.88 Å². The zero-order valence-electron chi connectivity index (χ0n) is 13.7. The number of aryl methyl sites for hydroxylation is 2. The molecule has 0 saturated carbocycles. The van der Waals surface area contributed by atoms with Crippen molar-refractivity contribution in [1.82, 2.24) is 20.6 Å². The van der Waals surface area contributed by atoms with Crippen molar-refractivity contribution in [2.24, 2.45) is 4.99 Å². The van der Waals surface area contributed by atoms with Gasteiger partial charge in [0, 0.05) is 30.7 Å². The van der Waals surface area contributed by atoms with E-state index >= 15 is 0 Å². The van der Waals surface area contributed by atoms with E-state index in [1.165, 1.54) is 4.88 Å². The third kappa shape index (κ3) is 5.94. The summed E-state index contributed by atoms with van der Waals surface area (Å²) in [5.41, 5.74) is 2.15. The molecule has 2 aromatic heterocycles. The molecule has 23 heavy (non-hydrogen) atoms. The van der Waals surface area contributed by atoms with Gasteiger partial charge in [-0.1, -0.05) is 6.07 Å². The number of halogens is 1. The number of ether oxygens (including phenoxy) is 1. The van der Waals surface area contributed by atoms with E-state index < -0.39 is 0 Å². The summed E-state index contributed by atoms with van der Waals surface area (Å²) in [5.74, 6) is 1.35. The Morgan fingerprint density at radius 1 is 1.26 bits per heavy atom. The van der Waals surface area contributed by atoms with Crippen molar-refractivity contribution < 1.29 is 4.74 Å². The van der Waals surface area contributed by atoms with Crippen molar-refractivity contribution in [3.8, 4) is 5.88 Å². The van der Waals surface area contributed by atoms with E-state index in [0.717, 1.165) is 22.2 Å². The summed E-state index contributed by atoms with van der Waals surface area (Å²) in [6, 6.07) is 3.81. The fraction of sp³-hybridized carbons (Fsp3) is 0.400. The van der Waals surface area contributed by atoms with E-state index in [4.69, 9.17) is 4.74 Å². The predicted molar refractivity (Wildman–Crippen MR) is 105 cm³/mol. The first-order valence-corrected chi connectivity index (χ1v) is 7.80. The Morgan fingerprint density at radius 2 is 2.00 bits per heavy atom. The third-order valence-electron chi connectivity index (χ3n) is 3.17. The molecule has 2 heterocycles. The van der Waals surface area contributed by atoms with E-state index in [2.05, 4.69) is 32.5 Å². The van der Waals surface area contributed by atoms with Gasteiger partial charge in [-0.3, -0.25) is 4.99 Å². The summed E-state index contributed by atoms with van der Waals surface area (Å²) in [6.45, 7) is 5.42. The summed E-state index contributed by atoms with van der Waals surface area (Å²) in [5, 5.41) is 7.57. The highest BCUT2D eigenvalue weighted by Gasteiger charge is 2.05. The van der Waals surface area contributed by atoms with Gasteiger partial charge in [0.05, 0.1) is 19.3 Å². The maximum atomic E-state index is 5.04. The number of thiazole rings is 1. The number of guanidine groups is 1. The Kier molecular flexibility index (Phi) is 8.24. The lowest BCUT2D eigenvalue weighted by molar-refractivity contribution is 0.397. The highest BCUT2D eigenvalue weighted by molar-refractivity contribution is 14.0. The highest BCUT2D eigenvalue weighted by atomic mass is 127. The number of aliphatic imine (C=N–C) groups is 1. The van der Waals surface area contributed by atoms with Crippen LogP contribution in [0.3, 0.4) is 0 Å². The Balaban J connectivity index is 0.00000264. The monoisotopic (exact) mass is 447 g/mol. The van der Waals surface area contributed by atoms with Gasteiger partial charge < -0.3 is 15.4 Å². The van der Waals surface area contributed by atoms with Crippen molar-refractivity contribution in [2.75, 3.05) is 14.2 Å². The molecule has 0 aromatic carbocycles. The highest BCUT2D eigenvalue weighted by Crippen LogP contribution is 2.15. The standard InChI is InChI=1S/C15H21N5OS.HI/c1-10-11(2)22-14(20-10)9-19-15(16-3)18-8-12-5-6-13(21-4)17-7-12;/h5-7H,8-9H2,1-4H3,(H2,16,18,19);1H. The van der Waals surface area contributed by atoms with Gasteiger partial charge in [-0.05, 0) is 19.4 Å². The van der Waals surface area contributed by atoms with Crippen LogP contribution in [0.1, 0.15) is 21.1 Å². The van der Waals surface area contributed by atoms with E-state index in [9.17, 15) is 0 Å². The quantitative estimate of drug-likeness (QED) is 0.419. The van der Waals surface area contributed by atoms with E-state index in [-0.39, 0.29) is 24.0 Å². The molecule has 0 bridgehead atoms. The number of hydrogen-bond acceptors (Lipinski definition) is 5. The maximum Gasteiger partial charge on any atom is 0.212 e. The number of hydrogen-bond donors (Lipinski definition) is 2. The predicted octanol–water partition coefficient (Wildman–Crippen LogP) is 2.65. The van der Waals surface area contributed by atoms with Gasteiger partial charge in [0.15, 0.2) is 5.96 Å². The summed E-state index contributed by atoms with van der Waals surface area (Å²) >= 11 is 1.71. The molecule has 2 rings (SSSR count). The molecule has 8 heteroatoms. The van der Waals surface area contributed by atoms with Crippen molar-refractivity contribution in [1.29, 1.82) is 0 Å². The molecule has 0 amide bonds. The minimum atomic E-state index is 0. The number of pyridine rings is 1. The largest absolute Gasteiger partial charge is 0.481 e. The fourth-order valence-electron chi connectivity index (χ4n) is 1.82. The van der Waals surface area contributed by atoms with Gasteiger partial charge in [-0.2, -0.15) is 0 Å². The summed E-state index contributed by atoms with van der Waals surface area (Å²) in [4.78, 5) is 14.1. The summed E-state index contributed by atoms with van der Waals surface area (Å²) in [6.07, 6.45) is 1.78. The van der Waals surface area contributed by atoms with Gasteiger partial charge >= 0.3 is 0 Å². The first kappa shape index (κ1) is 19.6. The first-order valence-electron chi connectivity index (χ1n) is 6.98. The average Bonchev–Trinajstić information content (AvgIpc) is 2.86. The number of rotatable bonds is 5. The summed E-state index contributed by atoms with van der Waals surface area (Å²) < 4.78 is 5.04. The minimum Gasteiger partial charge on any atom is -0.481 e. The molecule has 126 valence electrons. The molecule has 0 aliphatic carbocycles. The van der Waals surface area contributed by atoms with Crippen LogP contribution in [0, 0.1) is 13.8 Å². The zero-order valence-corrected chi connectivity index (χ0v) is 16.9. The van der Waals surface area contributed by atoms with Crippen LogP contribution in [0.5, 0.6) is 5.88 Å². The molecule has 2 aromatic rings. The molecular formula is C15H22IN5OS. The molecule has 0 unspecified atom stereocenters. The number of nitrogens with zero attached hydrogens (tertiary/aromatic N) is 3. The molecule has 0 aliphatic rings. The molecule has 0 spiro atoms. The van der Waals surface area contributed by atoms with E-state index in [1.54, 1.807) is 31.7 Å². The Morgan fingerprint density at radius 3 is 2.52 bits per heavy atom. The van der Waals surface area contributed by atoms with Gasteiger partial charge in [-0.25, -0.2) is 9.97 Å². The van der Waals surface area contributed by atoms with Crippen LogP contribution in [0.2, 0.25) is 0 Å². The number of aromatic nitrogens is 2. The van der Waals surface area contributed by atoms with Crippen molar-refractivity contribution in [3.05, 3.63) is 39.5 Å². The molecule has 0 saturated heterocycles. The van der Waals surface area contributed by atoms with Crippen LogP contribution in [0.4, 0.5) is 0 Å². The second-order valence-corrected chi connectivity index (χ2v) is 6.03. The van der Waals surface area contributed by atoms with Crippen molar-refractivity contribution in [3.63, 3.8) is 0 Å². The topological polar surface area (TPSA) is 71.4 Å². The SMILES string of the molecule is CN=C(NCc1ccc(OC)nc1)NCc1nc(C)c(C)s1.I. The smallest absolute Gasteiger partial charge is 0.212 e. The molecule has 0 aliphatic heterocycles. The average molecular weight is 447 g/mol. The van der Waals surface area contributed by atoms with Crippen molar-refractivity contribution in [2.45, 2.75) is 26.9 Å². The van der Waals surface area contributed by atoms with E-state index in [0.29, 0.717) is 19.0 Å². The third-order valence-corrected chi connectivity index (χ3v) is 4.24. The molecular weight excluding hydrogens is 425 g/mol. The fourth-order valence-corrected chi connectivity index (χ4v) is 2.69. The maximum absolute atomic E-state index is 5.04. The van der Waals surface area contributed by atoms with Gasteiger partial charge in [-0.15, -0.1) is 35.3 Å². The van der Waals surface area contributed by atoms with Gasteiger partial charge in [0.1, 0.15) is 5.01 Å². The van der Waals surface area contributed by atoms with Crippen LogP contribution < -0.4 is 15.4 Å². The number of methoxy groups -OCH3 is 1. The van der Waals surface area contributed by atoms with Crippen molar-refractivity contribution >= 4 is 41.3 Å². The van der Waals surface area contributed by atoms with E-state index in [1.807, 2.05) is 19.1 Å². The Bertz CT molecular complexity index is 622. The van der Waals surface area contributed by atoms with Crippen LogP contribution in [-0.2, 0) is 13.1 Å². The van der Waals surface area contributed by atoms with Crippen LogP contribution in [0.25, 0.3) is 0 Å².